The zero-order valence-corrected chi connectivity index (χ0v) is 5.99. The summed E-state index contributed by atoms with van der Waals surface area (Å²) in [4.78, 5) is 0. The number of methoxy groups -OCH3 is 1. The molecule has 48 valence electrons. The van der Waals surface area contributed by atoms with E-state index in [9.17, 15) is 0 Å². The van der Waals surface area contributed by atoms with Gasteiger partial charge in [0.05, 0.1) is 5.75 Å². The van der Waals surface area contributed by atoms with Crippen LogP contribution in [0, 0.1) is 22.5 Å². The first-order chi connectivity index (χ1) is 4.41. The smallest absolute Gasteiger partial charge is 0.134 e. The van der Waals surface area contributed by atoms with Crippen molar-refractivity contribution >= 4 is 11.8 Å². The Labute approximate surface area is 59.2 Å². The first-order valence-electron chi connectivity index (χ1n) is 2.37. The number of nitrogens with zero attached hydrogens (tertiary/aromatic N) is 1. The van der Waals surface area contributed by atoms with E-state index in [2.05, 4.69) is 16.6 Å². The molecule has 9 heavy (non-hydrogen) atoms. The van der Waals surface area contributed by atoms with Crippen LogP contribution in [0.1, 0.15) is 0 Å². The fraction of sp³-hybridized carbons (Fsp3) is 0.500. The zero-order valence-electron chi connectivity index (χ0n) is 5.18. The molecule has 3 heteroatoms. The molecular formula is C6H7NOS. The Balaban J connectivity index is 3.08. The van der Waals surface area contributed by atoms with Crippen molar-refractivity contribution in [2.75, 3.05) is 19.5 Å². The lowest BCUT2D eigenvalue weighted by atomic mass is 10.6. The van der Waals surface area contributed by atoms with Crippen LogP contribution in [-0.4, -0.2) is 19.5 Å². The van der Waals surface area contributed by atoms with Crippen molar-refractivity contribution in [2.24, 2.45) is 0 Å². The lowest BCUT2D eigenvalue weighted by Crippen LogP contribution is -1.80. The molecule has 0 atom stereocenters. The summed E-state index contributed by atoms with van der Waals surface area (Å²) in [7, 11) is 1.59. The summed E-state index contributed by atoms with van der Waals surface area (Å²) >= 11 is 1.13. The second-order valence-electron chi connectivity index (χ2n) is 1.17. The number of thiocyanates is 1. The molecule has 0 amide bonds. The molecule has 0 unspecified atom stereocenters. The van der Waals surface area contributed by atoms with Gasteiger partial charge in [-0.25, -0.2) is 0 Å². The summed E-state index contributed by atoms with van der Waals surface area (Å²) in [5.41, 5.74) is 0. The van der Waals surface area contributed by atoms with E-state index in [0.717, 1.165) is 11.8 Å². The van der Waals surface area contributed by atoms with E-state index < -0.39 is 0 Å². The summed E-state index contributed by atoms with van der Waals surface area (Å²) in [6, 6.07) is 0. The summed E-state index contributed by atoms with van der Waals surface area (Å²) in [6.45, 7) is 0.450. The Morgan fingerprint density at radius 1 is 1.56 bits per heavy atom. The molecule has 0 aromatic heterocycles. The Hall–Kier alpha value is -0.640. The third kappa shape index (κ3) is 7.36. The average molecular weight is 141 g/mol. The molecular weight excluding hydrogens is 134 g/mol. The molecule has 2 nitrogen and oxygen atoms in total. The average Bonchev–Trinajstić information content (AvgIpc) is 1.89. The maximum atomic E-state index is 8.04. The van der Waals surface area contributed by atoms with E-state index >= 15 is 0 Å². The van der Waals surface area contributed by atoms with Gasteiger partial charge in [-0.05, 0) is 11.8 Å². The van der Waals surface area contributed by atoms with Crippen LogP contribution in [0.25, 0.3) is 0 Å². The number of nitriles is 1. The SMILES string of the molecule is COCC#CCSC#N. The Morgan fingerprint density at radius 3 is 2.89 bits per heavy atom. The van der Waals surface area contributed by atoms with Gasteiger partial charge in [-0.1, -0.05) is 11.8 Å². The van der Waals surface area contributed by atoms with Crippen molar-refractivity contribution in [3.8, 4) is 17.2 Å². The Kier molecular flexibility index (Phi) is 6.84. The van der Waals surface area contributed by atoms with Gasteiger partial charge in [0.2, 0.25) is 0 Å². The number of thioether (sulfide) groups is 1. The molecule has 0 aliphatic rings. The number of rotatable bonds is 2. The molecule has 0 rings (SSSR count). The molecule has 0 saturated carbocycles. The maximum absolute atomic E-state index is 8.04. The highest BCUT2D eigenvalue weighted by molar-refractivity contribution is 8.03. The van der Waals surface area contributed by atoms with E-state index in [-0.39, 0.29) is 0 Å². The Bertz CT molecular complexity index is 151. The molecule has 0 aliphatic carbocycles. The summed E-state index contributed by atoms with van der Waals surface area (Å²) in [5.74, 6) is 6.05. The van der Waals surface area contributed by atoms with Gasteiger partial charge in [0.25, 0.3) is 0 Å². The van der Waals surface area contributed by atoms with Crippen LogP contribution in [0.15, 0.2) is 0 Å². The first kappa shape index (κ1) is 8.36. The van der Waals surface area contributed by atoms with Gasteiger partial charge in [0.15, 0.2) is 0 Å². The normalized spacial score (nSPS) is 7.11. The summed E-state index contributed by atoms with van der Waals surface area (Å²) < 4.78 is 4.66. The van der Waals surface area contributed by atoms with E-state index in [1.165, 1.54) is 0 Å². The maximum Gasteiger partial charge on any atom is 0.134 e. The van der Waals surface area contributed by atoms with E-state index in [0.29, 0.717) is 12.4 Å². The second-order valence-corrected chi connectivity index (χ2v) is 1.93. The molecule has 0 saturated heterocycles. The second kappa shape index (κ2) is 7.36. The minimum absolute atomic E-state index is 0.450. The van der Waals surface area contributed by atoms with Gasteiger partial charge in [0, 0.05) is 7.11 Å². The lowest BCUT2D eigenvalue weighted by molar-refractivity contribution is 0.240. The standard InChI is InChI=1S/C6H7NOS/c1-8-4-2-3-5-9-6-7/h4-5H2,1H3. The van der Waals surface area contributed by atoms with Crippen molar-refractivity contribution in [3.63, 3.8) is 0 Å². The molecule has 0 spiro atoms. The van der Waals surface area contributed by atoms with Crippen LogP contribution in [-0.2, 0) is 4.74 Å². The molecule has 0 fully saturated rings. The Morgan fingerprint density at radius 2 is 2.33 bits per heavy atom. The quantitative estimate of drug-likeness (QED) is 0.325. The molecule has 0 bridgehead atoms. The zero-order chi connectivity index (χ0) is 6.95. The summed E-state index contributed by atoms with van der Waals surface area (Å²) in [5, 5.41) is 9.95. The van der Waals surface area contributed by atoms with E-state index in [1.807, 2.05) is 5.40 Å². The molecule has 0 radical (unpaired) electrons. The van der Waals surface area contributed by atoms with Crippen molar-refractivity contribution < 1.29 is 4.74 Å². The van der Waals surface area contributed by atoms with Gasteiger partial charge >= 0.3 is 0 Å². The van der Waals surface area contributed by atoms with Gasteiger partial charge in [0.1, 0.15) is 12.0 Å². The van der Waals surface area contributed by atoms with Crippen LogP contribution in [0.3, 0.4) is 0 Å². The third-order valence-corrected chi connectivity index (χ3v) is 0.968. The molecule has 0 heterocycles. The predicted molar refractivity (Wildman–Crippen MR) is 37.7 cm³/mol. The molecule has 0 N–H and O–H groups in total. The van der Waals surface area contributed by atoms with Crippen LogP contribution in [0.2, 0.25) is 0 Å². The fourth-order valence-corrected chi connectivity index (χ4v) is 0.481. The monoisotopic (exact) mass is 141 g/mol. The molecule has 0 aliphatic heterocycles. The van der Waals surface area contributed by atoms with E-state index in [1.54, 1.807) is 7.11 Å². The summed E-state index contributed by atoms with van der Waals surface area (Å²) in [6.07, 6.45) is 0. The highest BCUT2D eigenvalue weighted by atomic mass is 32.2. The van der Waals surface area contributed by atoms with Gasteiger partial charge < -0.3 is 4.74 Å². The van der Waals surface area contributed by atoms with Crippen LogP contribution in [0.5, 0.6) is 0 Å². The lowest BCUT2D eigenvalue weighted by Gasteiger charge is -1.80. The highest BCUT2D eigenvalue weighted by Crippen LogP contribution is 1.90. The molecule has 0 aromatic rings. The van der Waals surface area contributed by atoms with E-state index in [4.69, 9.17) is 5.26 Å². The number of hydrogen-bond donors (Lipinski definition) is 0. The predicted octanol–water partition coefficient (Wildman–Crippen LogP) is 0.850. The van der Waals surface area contributed by atoms with Gasteiger partial charge in [-0.15, -0.1) is 0 Å². The van der Waals surface area contributed by atoms with Gasteiger partial charge in [-0.2, -0.15) is 5.26 Å². The first-order valence-corrected chi connectivity index (χ1v) is 3.36. The van der Waals surface area contributed by atoms with Crippen molar-refractivity contribution in [2.45, 2.75) is 0 Å². The third-order valence-electron chi connectivity index (χ3n) is 0.550. The highest BCUT2D eigenvalue weighted by Gasteiger charge is 1.74. The fourth-order valence-electron chi connectivity index (χ4n) is 0.243. The van der Waals surface area contributed by atoms with Crippen LogP contribution >= 0.6 is 11.8 Å². The molecule has 0 aromatic carbocycles. The van der Waals surface area contributed by atoms with Crippen LogP contribution in [0.4, 0.5) is 0 Å². The van der Waals surface area contributed by atoms with Crippen molar-refractivity contribution in [1.82, 2.24) is 0 Å². The topological polar surface area (TPSA) is 33.0 Å². The van der Waals surface area contributed by atoms with Crippen molar-refractivity contribution in [3.05, 3.63) is 0 Å². The number of ether oxygens (including phenoxy) is 1. The van der Waals surface area contributed by atoms with Crippen LogP contribution < -0.4 is 0 Å². The largest absolute Gasteiger partial charge is 0.372 e. The minimum atomic E-state index is 0.450. The number of hydrogen-bond acceptors (Lipinski definition) is 3. The van der Waals surface area contributed by atoms with Gasteiger partial charge in [-0.3, -0.25) is 0 Å². The minimum Gasteiger partial charge on any atom is -0.372 e. The van der Waals surface area contributed by atoms with Crippen molar-refractivity contribution in [1.29, 1.82) is 5.26 Å².